The summed E-state index contributed by atoms with van der Waals surface area (Å²) in [6.45, 7) is 2.80. The monoisotopic (exact) mass is 483 g/mol. The van der Waals surface area contributed by atoms with E-state index < -0.39 is 6.17 Å². The van der Waals surface area contributed by atoms with Gasteiger partial charge in [0.05, 0.1) is 25.1 Å². The van der Waals surface area contributed by atoms with Gasteiger partial charge in [0.25, 0.3) is 5.89 Å². The highest BCUT2D eigenvalue weighted by Crippen LogP contribution is 2.31. The van der Waals surface area contributed by atoms with Crippen LogP contribution in [0, 0.1) is 0 Å². The number of rotatable bonds is 5. The van der Waals surface area contributed by atoms with Gasteiger partial charge in [-0.2, -0.15) is 5.10 Å². The van der Waals surface area contributed by atoms with E-state index in [1.165, 1.54) is 0 Å². The summed E-state index contributed by atoms with van der Waals surface area (Å²) in [5.74, 6) is 1.13. The summed E-state index contributed by atoms with van der Waals surface area (Å²) >= 11 is 0. The van der Waals surface area contributed by atoms with E-state index in [1.807, 2.05) is 61.6 Å². The topological polar surface area (TPSA) is 111 Å². The first-order valence-electron chi connectivity index (χ1n) is 11.9. The zero-order chi connectivity index (χ0) is 24.5. The fourth-order valence-electron chi connectivity index (χ4n) is 4.64. The highest BCUT2D eigenvalue weighted by atomic mass is 16.5. The number of Topliss-reactive ketones (excluding diaryl/α,β-unsaturated/α-hetero) is 1. The molecule has 0 saturated carbocycles. The number of ether oxygens (including phenoxy) is 1. The molecule has 0 spiro atoms. The van der Waals surface area contributed by atoms with Crippen molar-refractivity contribution >= 4 is 23.3 Å². The number of carbonyl (C=O) groups is 1. The molecule has 0 amide bonds. The SMILES string of the molecule is Cn1ncc(-c2nnc(N[C@H]3N=C(c4ccccc4)c4ccccc4CC3=O)o2)c1N1CCOCC1. The number of fused-ring (bicyclic) bond motifs is 1. The molecule has 2 aromatic heterocycles. The Kier molecular flexibility index (Phi) is 5.78. The minimum Gasteiger partial charge on any atom is -0.403 e. The maximum atomic E-state index is 13.2. The van der Waals surface area contributed by atoms with Crippen LogP contribution in [0.15, 0.2) is 70.2 Å². The number of morpholine rings is 1. The molecule has 36 heavy (non-hydrogen) atoms. The third kappa shape index (κ3) is 4.16. The molecule has 1 fully saturated rings. The van der Waals surface area contributed by atoms with Crippen molar-refractivity contribution in [1.82, 2.24) is 20.0 Å². The highest BCUT2D eigenvalue weighted by Gasteiger charge is 2.28. The standard InChI is InChI=1S/C26H25N7O3/c1-32-25(33-11-13-35-14-12-33)20(16-27-32)24-30-31-26(36-24)29-23-21(34)15-18-9-5-6-10-19(18)22(28-23)17-7-3-2-4-8-17/h2-10,16,23H,11-15H2,1H3,(H,29,31)/t23-/m1/s1. The highest BCUT2D eigenvalue weighted by molar-refractivity contribution is 6.16. The summed E-state index contributed by atoms with van der Waals surface area (Å²) < 4.78 is 13.2. The number of anilines is 2. The normalized spacial score (nSPS) is 17.9. The Morgan fingerprint density at radius 3 is 2.58 bits per heavy atom. The molecule has 10 nitrogen and oxygen atoms in total. The summed E-state index contributed by atoms with van der Waals surface area (Å²) in [5.41, 5.74) is 4.29. The number of benzene rings is 2. The van der Waals surface area contributed by atoms with E-state index in [9.17, 15) is 4.79 Å². The minimum absolute atomic E-state index is 0.0801. The van der Waals surface area contributed by atoms with Crippen LogP contribution in [0.4, 0.5) is 11.8 Å². The van der Waals surface area contributed by atoms with Crippen LogP contribution >= 0.6 is 0 Å². The molecule has 4 aromatic rings. The van der Waals surface area contributed by atoms with Crippen molar-refractivity contribution in [3.63, 3.8) is 0 Å². The lowest BCUT2D eigenvalue weighted by molar-refractivity contribution is -0.119. The smallest absolute Gasteiger partial charge is 0.317 e. The quantitative estimate of drug-likeness (QED) is 0.461. The lowest BCUT2D eigenvalue weighted by Gasteiger charge is -2.29. The number of nitrogens with zero attached hydrogens (tertiary/aromatic N) is 6. The average molecular weight is 484 g/mol. The van der Waals surface area contributed by atoms with Gasteiger partial charge in [-0.05, 0) is 5.56 Å². The molecule has 0 unspecified atom stereocenters. The minimum atomic E-state index is -0.867. The predicted molar refractivity (Wildman–Crippen MR) is 134 cm³/mol. The van der Waals surface area contributed by atoms with Crippen molar-refractivity contribution in [3.05, 3.63) is 77.5 Å². The number of aromatic nitrogens is 4. The number of nitrogens with one attached hydrogen (secondary N) is 1. The fraction of sp³-hybridized carbons (Fsp3) is 0.269. The van der Waals surface area contributed by atoms with Crippen molar-refractivity contribution in [1.29, 1.82) is 0 Å². The number of hydrogen-bond acceptors (Lipinski definition) is 9. The summed E-state index contributed by atoms with van der Waals surface area (Å²) in [4.78, 5) is 20.2. The van der Waals surface area contributed by atoms with Crippen LogP contribution in [0.25, 0.3) is 11.5 Å². The molecule has 4 heterocycles. The first kappa shape index (κ1) is 22.2. The summed E-state index contributed by atoms with van der Waals surface area (Å²) in [7, 11) is 1.88. The van der Waals surface area contributed by atoms with E-state index in [-0.39, 0.29) is 18.2 Å². The zero-order valence-corrected chi connectivity index (χ0v) is 19.8. The van der Waals surface area contributed by atoms with Gasteiger partial charge >= 0.3 is 6.01 Å². The van der Waals surface area contributed by atoms with Crippen LogP contribution in [0.1, 0.15) is 16.7 Å². The molecule has 0 radical (unpaired) electrons. The van der Waals surface area contributed by atoms with E-state index in [4.69, 9.17) is 14.1 Å². The number of aryl methyl sites for hydroxylation is 1. The molecular formula is C26H25N7O3. The molecule has 2 aliphatic rings. The van der Waals surface area contributed by atoms with Crippen LogP contribution in [0.5, 0.6) is 0 Å². The number of ketones is 1. The second-order valence-electron chi connectivity index (χ2n) is 8.71. The Balaban J connectivity index is 1.32. The van der Waals surface area contributed by atoms with Crippen LogP contribution < -0.4 is 10.2 Å². The third-order valence-corrected chi connectivity index (χ3v) is 6.38. The Bertz CT molecular complexity index is 1420. The van der Waals surface area contributed by atoms with Gasteiger partial charge in [0, 0.05) is 37.7 Å². The lowest BCUT2D eigenvalue weighted by atomic mass is 9.96. The van der Waals surface area contributed by atoms with Crippen molar-refractivity contribution in [3.8, 4) is 11.5 Å². The van der Waals surface area contributed by atoms with E-state index in [0.29, 0.717) is 19.1 Å². The Hall–Kier alpha value is -4.31. The van der Waals surface area contributed by atoms with Crippen LogP contribution in [0.2, 0.25) is 0 Å². The maximum absolute atomic E-state index is 13.2. The predicted octanol–water partition coefficient (Wildman–Crippen LogP) is 2.71. The third-order valence-electron chi connectivity index (χ3n) is 6.38. The van der Waals surface area contributed by atoms with E-state index in [1.54, 1.807) is 10.9 Å². The second-order valence-corrected chi connectivity index (χ2v) is 8.71. The number of aliphatic imine (C=N–C) groups is 1. The molecule has 10 heteroatoms. The second kappa shape index (κ2) is 9.38. The number of carbonyl (C=O) groups excluding carboxylic acids is 1. The maximum Gasteiger partial charge on any atom is 0.317 e. The fourth-order valence-corrected chi connectivity index (χ4v) is 4.64. The van der Waals surface area contributed by atoms with Gasteiger partial charge in [-0.3, -0.25) is 14.5 Å². The van der Waals surface area contributed by atoms with Gasteiger partial charge in [-0.15, -0.1) is 5.10 Å². The molecule has 6 rings (SSSR count). The first-order valence-corrected chi connectivity index (χ1v) is 11.9. The Morgan fingerprint density at radius 1 is 0.972 bits per heavy atom. The molecule has 182 valence electrons. The van der Waals surface area contributed by atoms with Crippen LogP contribution in [-0.2, 0) is 23.0 Å². The number of hydrogen-bond donors (Lipinski definition) is 1. The first-order chi connectivity index (χ1) is 17.7. The van der Waals surface area contributed by atoms with Gasteiger partial charge < -0.3 is 19.4 Å². The van der Waals surface area contributed by atoms with Gasteiger partial charge in [0.15, 0.2) is 11.9 Å². The van der Waals surface area contributed by atoms with Crippen molar-refractivity contribution in [2.24, 2.45) is 12.0 Å². The van der Waals surface area contributed by atoms with Crippen LogP contribution in [-0.4, -0.2) is 63.9 Å². The van der Waals surface area contributed by atoms with Gasteiger partial charge in [0.2, 0.25) is 0 Å². The van der Waals surface area contributed by atoms with E-state index in [2.05, 4.69) is 25.5 Å². The van der Waals surface area contributed by atoms with Gasteiger partial charge in [0.1, 0.15) is 11.4 Å². The van der Waals surface area contributed by atoms with E-state index in [0.717, 1.165) is 46.9 Å². The molecule has 0 bridgehead atoms. The van der Waals surface area contributed by atoms with Crippen molar-refractivity contribution in [2.75, 3.05) is 36.5 Å². The average Bonchev–Trinajstić information content (AvgIpc) is 3.50. The zero-order valence-electron chi connectivity index (χ0n) is 19.8. The molecule has 1 atom stereocenters. The lowest BCUT2D eigenvalue weighted by Crippen LogP contribution is -2.37. The Morgan fingerprint density at radius 2 is 1.75 bits per heavy atom. The van der Waals surface area contributed by atoms with Crippen molar-refractivity contribution in [2.45, 2.75) is 12.6 Å². The Labute approximate surface area is 207 Å². The summed E-state index contributed by atoms with van der Waals surface area (Å²) in [5, 5.41) is 15.9. The molecular weight excluding hydrogens is 458 g/mol. The molecule has 0 aliphatic carbocycles. The van der Waals surface area contributed by atoms with E-state index >= 15 is 0 Å². The van der Waals surface area contributed by atoms with Gasteiger partial charge in [-0.1, -0.05) is 59.7 Å². The molecule has 1 N–H and O–H groups in total. The van der Waals surface area contributed by atoms with Crippen molar-refractivity contribution < 1.29 is 13.9 Å². The largest absolute Gasteiger partial charge is 0.403 e. The van der Waals surface area contributed by atoms with Gasteiger partial charge in [-0.25, -0.2) is 0 Å². The molecule has 2 aliphatic heterocycles. The summed E-state index contributed by atoms with van der Waals surface area (Å²) in [6, 6.07) is 17.8. The molecule has 1 saturated heterocycles. The molecule has 2 aromatic carbocycles. The summed E-state index contributed by atoms with van der Waals surface area (Å²) in [6.07, 6.45) is 1.09. The van der Waals surface area contributed by atoms with Crippen LogP contribution in [0.3, 0.4) is 0 Å².